The SMILES string of the molecule is CC(C)CN1CCO[C@H](CNC(=O)c2cc(=O)[nH]c3ccccc23)C1. The number of aromatic amines is 1. The molecule has 25 heavy (non-hydrogen) atoms. The zero-order valence-corrected chi connectivity index (χ0v) is 14.7. The van der Waals surface area contributed by atoms with E-state index in [9.17, 15) is 9.59 Å². The molecule has 0 spiro atoms. The predicted molar refractivity (Wildman–Crippen MR) is 97.9 cm³/mol. The van der Waals surface area contributed by atoms with Gasteiger partial charge >= 0.3 is 0 Å². The lowest BCUT2D eigenvalue weighted by atomic mass is 10.1. The normalized spacial score (nSPS) is 18.6. The van der Waals surface area contributed by atoms with Crippen molar-refractivity contribution in [3.05, 3.63) is 46.2 Å². The van der Waals surface area contributed by atoms with Gasteiger partial charge in [0.2, 0.25) is 5.56 Å². The molecule has 134 valence electrons. The van der Waals surface area contributed by atoms with Crippen LogP contribution in [0.2, 0.25) is 0 Å². The van der Waals surface area contributed by atoms with E-state index in [2.05, 4.69) is 29.0 Å². The molecule has 0 bridgehead atoms. The van der Waals surface area contributed by atoms with Gasteiger partial charge < -0.3 is 15.0 Å². The van der Waals surface area contributed by atoms with Gasteiger partial charge in [-0.25, -0.2) is 0 Å². The Balaban J connectivity index is 1.66. The van der Waals surface area contributed by atoms with Crippen molar-refractivity contribution < 1.29 is 9.53 Å². The number of fused-ring (bicyclic) bond motifs is 1. The highest BCUT2D eigenvalue weighted by atomic mass is 16.5. The van der Waals surface area contributed by atoms with E-state index < -0.39 is 0 Å². The highest BCUT2D eigenvalue weighted by molar-refractivity contribution is 6.05. The van der Waals surface area contributed by atoms with Crippen LogP contribution in [0.1, 0.15) is 24.2 Å². The van der Waals surface area contributed by atoms with Crippen LogP contribution in [0.3, 0.4) is 0 Å². The Morgan fingerprint density at radius 1 is 1.40 bits per heavy atom. The van der Waals surface area contributed by atoms with Crippen LogP contribution in [0.25, 0.3) is 10.9 Å². The van der Waals surface area contributed by atoms with E-state index in [0.29, 0.717) is 30.1 Å². The van der Waals surface area contributed by atoms with E-state index in [1.807, 2.05) is 18.2 Å². The third-order valence-corrected chi connectivity index (χ3v) is 4.33. The van der Waals surface area contributed by atoms with E-state index in [1.165, 1.54) is 6.07 Å². The lowest BCUT2D eigenvalue weighted by molar-refractivity contribution is -0.0295. The maximum absolute atomic E-state index is 12.6. The average Bonchev–Trinajstić information content (AvgIpc) is 2.58. The molecule has 2 aromatic rings. The Bertz CT molecular complexity index is 800. The van der Waals surface area contributed by atoms with Crippen LogP contribution in [-0.4, -0.2) is 54.7 Å². The van der Waals surface area contributed by atoms with Crippen molar-refractivity contribution >= 4 is 16.8 Å². The fraction of sp³-hybridized carbons (Fsp3) is 0.474. The molecule has 2 N–H and O–H groups in total. The minimum atomic E-state index is -0.277. The van der Waals surface area contributed by atoms with Crippen LogP contribution in [0.5, 0.6) is 0 Å². The maximum atomic E-state index is 12.6. The first-order valence-electron chi connectivity index (χ1n) is 8.77. The summed E-state index contributed by atoms with van der Waals surface area (Å²) in [5.41, 5.74) is 0.784. The maximum Gasteiger partial charge on any atom is 0.252 e. The van der Waals surface area contributed by atoms with Gasteiger partial charge in [-0.15, -0.1) is 0 Å². The van der Waals surface area contributed by atoms with Crippen LogP contribution >= 0.6 is 0 Å². The van der Waals surface area contributed by atoms with E-state index in [0.717, 1.165) is 25.0 Å². The van der Waals surface area contributed by atoms with Crippen LogP contribution in [-0.2, 0) is 4.74 Å². The van der Waals surface area contributed by atoms with Crippen LogP contribution in [0, 0.1) is 5.92 Å². The Hall–Kier alpha value is -2.18. The molecule has 6 nitrogen and oxygen atoms in total. The number of hydrogen-bond donors (Lipinski definition) is 2. The quantitative estimate of drug-likeness (QED) is 0.865. The van der Waals surface area contributed by atoms with Crippen molar-refractivity contribution in [2.45, 2.75) is 20.0 Å². The van der Waals surface area contributed by atoms with Crippen molar-refractivity contribution in [1.82, 2.24) is 15.2 Å². The summed E-state index contributed by atoms with van der Waals surface area (Å²) in [5, 5.41) is 3.66. The molecule has 0 saturated carbocycles. The highest BCUT2D eigenvalue weighted by Gasteiger charge is 2.22. The molecule has 6 heteroatoms. The monoisotopic (exact) mass is 343 g/mol. The summed E-state index contributed by atoms with van der Waals surface area (Å²) in [5.74, 6) is 0.364. The lowest BCUT2D eigenvalue weighted by Gasteiger charge is -2.33. The third-order valence-electron chi connectivity index (χ3n) is 4.33. The molecule has 1 fully saturated rings. The Morgan fingerprint density at radius 2 is 2.20 bits per heavy atom. The third kappa shape index (κ3) is 4.46. The molecule has 0 radical (unpaired) electrons. The number of carbonyl (C=O) groups excluding carboxylic acids is 1. The van der Waals surface area contributed by atoms with Crippen molar-refractivity contribution in [2.75, 3.05) is 32.8 Å². The molecule has 3 rings (SSSR count). The fourth-order valence-electron chi connectivity index (χ4n) is 3.28. The fourth-order valence-corrected chi connectivity index (χ4v) is 3.28. The largest absolute Gasteiger partial charge is 0.374 e. The molecule has 0 aliphatic carbocycles. The number of carbonyl (C=O) groups is 1. The van der Waals surface area contributed by atoms with Gasteiger partial charge in [0.1, 0.15) is 0 Å². The summed E-state index contributed by atoms with van der Waals surface area (Å²) in [6, 6.07) is 8.66. The first-order chi connectivity index (χ1) is 12.0. The van der Waals surface area contributed by atoms with Crippen molar-refractivity contribution in [3.8, 4) is 0 Å². The van der Waals surface area contributed by atoms with E-state index in [4.69, 9.17) is 4.74 Å². The van der Waals surface area contributed by atoms with Gasteiger partial charge in [0.15, 0.2) is 0 Å². The van der Waals surface area contributed by atoms with Crippen LogP contribution in [0.4, 0.5) is 0 Å². The number of rotatable bonds is 5. The number of H-pyrrole nitrogens is 1. The number of benzene rings is 1. The highest BCUT2D eigenvalue weighted by Crippen LogP contribution is 2.14. The summed E-state index contributed by atoms with van der Waals surface area (Å²) < 4.78 is 5.76. The van der Waals surface area contributed by atoms with Gasteiger partial charge in [-0.1, -0.05) is 32.0 Å². The minimum Gasteiger partial charge on any atom is -0.374 e. The van der Waals surface area contributed by atoms with E-state index >= 15 is 0 Å². The minimum absolute atomic E-state index is 0.0234. The number of ether oxygens (including phenoxy) is 1. The number of nitrogens with zero attached hydrogens (tertiary/aromatic N) is 1. The summed E-state index contributed by atoms with van der Waals surface area (Å²) >= 11 is 0. The number of hydrogen-bond acceptors (Lipinski definition) is 4. The standard InChI is InChI=1S/C19H25N3O3/c1-13(2)11-22-7-8-25-14(12-22)10-20-19(24)16-9-18(23)21-17-6-4-3-5-15(16)17/h3-6,9,13-14H,7-8,10-12H2,1-2H3,(H,20,24)(H,21,23)/t14-/m1/s1. The van der Waals surface area contributed by atoms with Gasteiger partial charge in [0.05, 0.1) is 18.3 Å². The van der Waals surface area contributed by atoms with Crippen molar-refractivity contribution in [1.29, 1.82) is 0 Å². The summed E-state index contributed by atoms with van der Waals surface area (Å²) in [6.07, 6.45) is -0.0234. The molecule has 1 aliphatic rings. The molecule has 1 aromatic carbocycles. The van der Waals surface area contributed by atoms with E-state index in [-0.39, 0.29) is 17.6 Å². The number of amides is 1. The smallest absolute Gasteiger partial charge is 0.252 e. The molecule has 1 atom stereocenters. The predicted octanol–water partition coefficient (Wildman–Crippen LogP) is 1.61. The van der Waals surface area contributed by atoms with Gasteiger partial charge in [-0.05, 0) is 12.0 Å². The number of para-hydroxylation sites is 1. The summed E-state index contributed by atoms with van der Waals surface area (Å²) in [4.78, 5) is 29.5. The molecule has 2 heterocycles. The molecular weight excluding hydrogens is 318 g/mol. The molecule has 1 saturated heterocycles. The summed E-state index contributed by atoms with van der Waals surface area (Å²) in [6.45, 7) is 8.30. The zero-order valence-electron chi connectivity index (χ0n) is 14.7. The average molecular weight is 343 g/mol. The second-order valence-electron chi connectivity index (χ2n) is 6.95. The molecule has 1 aliphatic heterocycles. The lowest BCUT2D eigenvalue weighted by Crippen LogP contribution is -2.48. The Labute approximate surface area is 147 Å². The van der Waals surface area contributed by atoms with Gasteiger partial charge in [-0.3, -0.25) is 14.5 Å². The van der Waals surface area contributed by atoms with Crippen molar-refractivity contribution in [2.24, 2.45) is 5.92 Å². The number of aromatic nitrogens is 1. The van der Waals surface area contributed by atoms with E-state index in [1.54, 1.807) is 6.07 Å². The Kier molecular flexibility index (Phi) is 5.50. The molecule has 1 amide bonds. The number of nitrogens with one attached hydrogen (secondary N) is 2. The number of morpholine rings is 1. The van der Waals surface area contributed by atoms with Gasteiger partial charge in [0, 0.05) is 43.1 Å². The first kappa shape index (κ1) is 17.6. The van der Waals surface area contributed by atoms with Crippen LogP contribution in [0.15, 0.2) is 35.1 Å². The molecule has 0 unspecified atom stereocenters. The zero-order chi connectivity index (χ0) is 17.8. The second kappa shape index (κ2) is 7.80. The Morgan fingerprint density at radius 3 is 3.00 bits per heavy atom. The number of pyridine rings is 1. The van der Waals surface area contributed by atoms with Crippen LogP contribution < -0.4 is 10.9 Å². The second-order valence-corrected chi connectivity index (χ2v) is 6.95. The molecule has 1 aromatic heterocycles. The van der Waals surface area contributed by atoms with Gasteiger partial charge in [0.25, 0.3) is 5.91 Å². The first-order valence-corrected chi connectivity index (χ1v) is 8.77. The van der Waals surface area contributed by atoms with Gasteiger partial charge in [-0.2, -0.15) is 0 Å². The topological polar surface area (TPSA) is 74.4 Å². The van der Waals surface area contributed by atoms with Crippen molar-refractivity contribution in [3.63, 3.8) is 0 Å². The molecular formula is C19H25N3O3. The summed E-state index contributed by atoms with van der Waals surface area (Å²) in [7, 11) is 0.